The van der Waals surface area contributed by atoms with E-state index in [2.05, 4.69) is 27.0 Å². The molecule has 1 aliphatic carbocycles. The molecule has 27 heavy (non-hydrogen) atoms. The molecule has 0 amide bonds. The lowest BCUT2D eigenvalue weighted by atomic mass is 9.68. The van der Waals surface area contributed by atoms with Crippen LogP contribution in [0, 0.1) is 6.92 Å². The van der Waals surface area contributed by atoms with Gasteiger partial charge in [-0.2, -0.15) is 0 Å². The van der Waals surface area contributed by atoms with Gasteiger partial charge in [-0.25, -0.2) is 9.97 Å². The highest BCUT2D eigenvalue weighted by molar-refractivity contribution is 6.30. The van der Waals surface area contributed by atoms with Gasteiger partial charge in [-0.3, -0.25) is 4.90 Å². The third kappa shape index (κ3) is 3.56. The number of hydrogen-bond acceptors (Lipinski definition) is 5. The van der Waals surface area contributed by atoms with Crippen LogP contribution in [-0.2, 0) is 18.4 Å². The van der Waals surface area contributed by atoms with Gasteiger partial charge in [-0.05, 0) is 50.3 Å². The van der Waals surface area contributed by atoms with Gasteiger partial charge in [-0.1, -0.05) is 23.7 Å². The molecule has 144 valence electrons. The van der Waals surface area contributed by atoms with Crippen molar-refractivity contribution in [1.29, 1.82) is 0 Å². The number of halogens is 1. The second kappa shape index (κ2) is 7.38. The Bertz CT molecular complexity index is 829. The Hall–Kier alpha value is -1.69. The fourth-order valence-corrected chi connectivity index (χ4v) is 5.07. The van der Waals surface area contributed by atoms with Crippen molar-refractivity contribution in [2.75, 3.05) is 18.8 Å². The number of rotatable bonds is 3. The number of aromatic nitrogens is 2. The van der Waals surface area contributed by atoms with Gasteiger partial charge >= 0.3 is 0 Å². The smallest absolute Gasteiger partial charge is 0.220 e. The van der Waals surface area contributed by atoms with Gasteiger partial charge in [0.25, 0.3) is 0 Å². The van der Waals surface area contributed by atoms with E-state index in [0.29, 0.717) is 18.5 Å². The molecule has 6 heteroatoms. The number of nitrogens with two attached hydrogens (primary N) is 2. The Labute approximate surface area is 166 Å². The van der Waals surface area contributed by atoms with E-state index in [-0.39, 0.29) is 5.41 Å². The molecule has 0 atom stereocenters. The largest absolute Gasteiger partial charge is 0.368 e. The average molecular weight is 386 g/mol. The summed E-state index contributed by atoms with van der Waals surface area (Å²) >= 11 is 6.24. The number of aryl methyl sites for hydroxylation is 1. The first-order valence-electron chi connectivity index (χ1n) is 9.83. The first-order valence-corrected chi connectivity index (χ1v) is 10.2. The van der Waals surface area contributed by atoms with E-state index in [4.69, 9.17) is 23.1 Å². The standard InChI is InChI=1S/C21H28ClN5/c1-14-18-12-27(10-7-19(18)26-20(24)25-14)17-5-8-21(13-23,9-6-17)15-3-2-4-16(22)11-15/h2-4,11,17H,5-10,12-13,23H2,1H3,(H2,24,25,26). The van der Waals surface area contributed by atoms with Crippen LogP contribution >= 0.6 is 11.6 Å². The van der Waals surface area contributed by atoms with Crippen molar-refractivity contribution in [2.45, 2.75) is 57.0 Å². The molecule has 1 saturated carbocycles. The predicted octanol–water partition coefficient (Wildman–Crippen LogP) is 3.22. The van der Waals surface area contributed by atoms with Crippen LogP contribution in [0.1, 0.15) is 48.2 Å². The van der Waals surface area contributed by atoms with Crippen molar-refractivity contribution in [1.82, 2.24) is 14.9 Å². The Morgan fingerprint density at radius 3 is 2.74 bits per heavy atom. The zero-order valence-corrected chi connectivity index (χ0v) is 16.7. The summed E-state index contributed by atoms with van der Waals surface area (Å²) in [6, 6.07) is 8.84. The molecule has 0 spiro atoms. The first kappa shape index (κ1) is 18.7. The minimum atomic E-state index is 0.0581. The maximum atomic E-state index is 6.26. The van der Waals surface area contributed by atoms with Gasteiger partial charge in [0.05, 0.1) is 5.69 Å². The van der Waals surface area contributed by atoms with Crippen LogP contribution in [0.15, 0.2) is 24.3 Å². The second-order valence-corrected chi connectivity index (χ2v) is 8.48. The number of nitrogen functional groups attached to an aromatic ring is 1. The van der Waals surface area contributed by atoms with E-state index in [1.165, 1.54) is 11.1 Å². The zero-order valence-electron chi connectivity index (χ0n) is 15.9. The number of anilines is 1. The van der Waals surface area contributed by atoms with Crippen LogP contribution in [0.25, 0.3) is 0 Å². The van der Waals surface area contributed by atoms with Gasteiger partial charge in [0.2, 0.25) is 5.95 Å². The normalized spacial score (nSPS) is 26.0. The minimum Gasteiger partial charge on any atom is -0.368 e. The molecule has 4 rings (SSSR count). The van der Waals surface area contributed by atoms with Gasteiger partial charge in [-0.15, -0.1) is 0 Å². The van der Waals surface area contributed by atoms with Crippen LogP contribution < -0.4 is 11.5 Å². The monoisotopic (exact) mass is 385 g/mol. The Morgan fingerprint density at radius 2 is 2.04 bits per heavy atom. The average Bonchev–Trinajstić information content (AvgIpc) is 2.68. The molecule has 0 radical (unpaired) electrons. The third-order valence-corrected chi connectivity index (χ3v) is 6.81. The van der Waals surface area contributed by atoms with E-state index in [9.17, 15) is 0 Å². The third-order valence-electron chi connectivity index (χ3n) is 6.57. The van der Waals surface area contributed by atoms with Gasteiger partial charge in [0.1, 0.15) is 0 Å². The van der Waals surface area contributed by atoms with Crippen molar-refractivity contribution in [3.63, 3.8) is 0 Å². The molecule has 1 aromatic carbocycles. The van der Waals surface area contributed by atoms with Crippen LogP contribution in [0.2, 0.25) is 5.02 Å². The fraction of sp³-hybridized carbons (Fsp3) is 0.524. The summed E-state index contributed by atoms with van der Waals surface area (Å²) < 4.78 is 0. The van der Waals surface area contributed by atoms with E-state index in [0.717, 1.165) is 61.6 Å². The number of fused-ring (bicyclic) bond motifs is 1. The Morgan fingerprint density at radius 1 is 1.26 bits per heavy atom. The summed E-state index contributed by atoms with van der Waals surface area (Å²) in [4.78, 5) is 11.4. The molecule has 0 unspecified atom stereocenters. The Balaban J connectivity index is 1.48. The highest BCUT2D eigenvalue weighted by Gasteiger charge is 2.38. The zero-order chi connectivity index (χ0) is 19.0. The molecule has 0 saturated heterocycles. The summed E-state index contributed by atoms with van der Waals surface area (Å²) in [5, 5.41) is 0.796. The number of benzene rings is 1. The summed E-state index contributed by atoms with van der Waals surface area (Å²) in [7, 11) is 0. The van der Waals surface area contributed by atoms with E-state index < -0.39 is 0 Å². The SMILES string of the molecule is Cc1nc(N)nc2c1CN(C1CCC(CN)(c3cccc(Cl)c3)CC1)CC2. The van der Waals surface area contributed by atoms with Crippen LogP contribution in [0.4, 0.5) is 5.95 Å². The molecule has 0 bridgehead atoms. The highest BCUT2D eigenvalue weighted by Crippen LogP contribution is 2.41. The van der Waals surface area contributed by atoms with Gasteiger partial charge in [0.15, 0.2) is 0 Å². The van der Waals surface area contributed by atoms with E-state index in [1.807, 2.05) is 19.1 Å². The fourth-order valence-electron chi connectivity index (χ4n) is 4.88. The molecule has 1 fully saturated rings. The van der Waals surface area contributed by atoms with Crippen molar-refractivity contribution in [3.05, 3.63) is 51.8 Å². The molecule has 2 heterocycles. The van der Waals surface area contributed by atoms with Crippen molar-refractivity contribution in [2.24, 2.45) is 5.73 Å². The Kier molecular flexibility index (Phi) is 5.10. The first-order chi connectivity index (χ1) is 13.0. The summed E-state index contributed by atoms with van der Waals surface area (Å²) in [5.74, 6) is 0.395. The highest BCUT2D eigenvalue weighted by atomic mass is 35.5. The van der Waals surface area contributed by atoms with Crippen LogP contribution in [-0.4, -0.2) is 34.0 Å². The molecule has 5 nitrogen and oxygen atoms in total. The lowest BCUT2D eigenvalue weighted by molar-refractivity contribution is 0.112. The maximum absolute atomic E-state index is 6.26. The van der Waals surface area contributed by atoms with Crippen molar-refractivity contribution < 1.29 is 0 Å². The predicted molar refractivity (Wildman–Crippen MR) is 110 cm³/mol. The minimum absolute atomic E-state index is 0.0581. The van der Waals surface area contributed by atoms with Gasteiger partial charge < -0.3 is 11.5 Å². The number of hydrogen-bond donors (Lipinski definition) is 2. The lowest BCUT2D eigenvalue weighted by Gasteiger charge is -2.44. The second-order valence-electron chi connectivity index (χ2n) is 8.04. The molecular weight excluding hydrogens is 358 g/mol. The molecule has 2 aliphatic rings. The summed E-state index contributed by atoms with van der Waals surface area (Å²) in [5.41, 5.74) is 16.8. The molecule has 1 aliphatic heterocycles. The molecule has 4 N–H and O–H groups in total. The quantitative estimate of drug-likeness (QED) is 0.847. The van der Waals surface area contributed by atoms with Gasteiger partial charge in [0, 0.05) is 53.8 Å². The topological polar surface area (TPSA) is 81.1 Å². The summed E-state index contributed by atoms with van der Waals surface area (Å²) in [6.45, 7) is 4.69. The summed E-state index contributed by atoms with van der Waals surface area (Å²) in [6.07, 6.45) is 5.49. The van der Waals surface area contributed by atoms with Crippen LogP contribution in [0.3, 0.4) is 0 Å². The van der Waals surface area contributed by atoms with E-state index in [1.54, 1.807) is 0 Å². The maximum Gasteiger partial charge on any atom is 0.220 e. The molecular formula is C21H28ClN5. The van der Waals surface area contributed by atoms with Crippen molar-refractivity contribution in [3.8, 4) is 0 Å². The van der Waals surface area contributed by atoms with Crippen LogP contribution in [0.5, 0.6) is 0 Å². The number of nitrogens with zero attached hydrogens (tertiary/aromatic N) is 3. The molecule has 2 aromatic rings. The molecule has 1 aromatic heterocycles. The lowest BCUT2D eigenvalue weighted by Crippen LogP contribution is -2.47. The van der Waals surface area contributed by atoms with Crippen molar-refractivity contribution >= 4 is 17.5 Å². The van der Waals surface area contributed by atoms with E-state index >= 15 is 0 Å².